The summed E-state index contributed by atoms with van der Waals surface area (Å²) < 4.78 is 5.51. The molecule has 0 unspecified atom stereocenters. The molecule has 2 heterocycles. The van der Waals surface area contributed by atoms with E-state index in [1.807, 2.05) is 6.07 Å². The second-order valence-corrected chi connectivity index (χ2v) is 6.14. The van der Waals surface area contributed by atoms with Gasteiger partial charge < -0.3 is 15.4 Å². The summed E-state index contributed by atoms with van der Waals surface area (Å²) in [5, 5.41) is 6.90. The van der Waals surface area contributed by atoms with Crippen LogP contribution in [0.1, 0.15) is 11.1 Å². The van der Waals surface area contributed by atoms with Gasteiger partial charge in [0.15, 0.2) is 0 Å². The summed E-state index contributed by atoms with van der Waals surface area (Å²) >= 11 is 6.13. The van der Waals surface area contributed by atoms with Gasteiger partial charge in [-0.1, -0.05) is 23.8 Å². The molecule has 4 rings (SSSR count). The highest BCUT2D eigenvalue weighted by Crippen LogP contribution is 2.34. The zero-order valence-corrected chi connectivity index (χ0v) is 14.8. The number of ether oxygens (including phenoxy) is 1. The van der Waals surface area contributed by atoms with E-state index in [-0.39, 0.29) is 0 Å². The number of anilines is 4. The van der Waals surface area contributed by atoms with Crippen LogP contribution >= 0.6 is 11.6 Å². The van der Waals surface area contributed by atoms with E-state index in [1.165, 1.54) is 17.5 Å². The van der Waals surface area contributed by atoms with Crippen molar-refractivity contribution in [2.75, 3.05) is 17.7 Å². The first-order valence-corrected chi connectivity index (χ1v) is 8.45. The van der Waals surface area contributed by atoms with E-state index in [9.17, 15) is 0 Å². The van der Waals surface area contributed by atoms with Crippen molar-refractivity contribution in [3.8, 4) is 5.75 Å². The lowest BCUT2D eigenvalue weighted by atomic mass is 10.1. The van der Waals surface area contributed by atoms with Crippen molar-refractivity contribution in [1.82, 2.24) is 15.0 Å². The monoisotopic (exact) mass is 365 g/mol. The van der Waals surface area contributed by atoms with Gasteiger partial charge in [0.25, 0.3) is 0 Å². The molecule has 2 N–H and O–H groups in total. The molecular weight excluding hydrogens is 350 g/mol. The molecule has 130 valence electrons. The van der Waals surface area contributed by atoms with E-state index in [2.05, 4.69) is 43.8 Å². The van der Waals surface area contributed by atoms with Crippen molar-refractivity contribution in [2.45, 2.75) is 6.42 Å². The molecule has 1 aliphatic rings. The van der Waals surface area contributed by atoms with Crippen LogP contribution in [0.2, 0.25) is 5.02 Å². The summed E-state index contributed by atoms with van der Waals surface area (Å²) in [5.41, 5.74) is 3.28. The molecule has 0 spiro atoms. The summed E-state index contributed by atoms with van der Waals surface area (Å²) in [6.07, 6.45) is 8.31. The fraction of sp³-hybridized carbons (Fsp3) is 0.105. The number of hydrogen-bond acceptors (Lipinski definition) is 6. The topological polar surface area (TPSA) is 72.0 Å². The first-order chi connectivity index (χ1) is 12.7. The van der Waals surface area contributed by atoms with Gasteiger partial charge in [0.1, 0.15) is 29.5 Å². The fourth-order valence-electron chi connectivity index (χ4n) is 2.78. The number of rotatable bonds is 5. The minimum atomic E-state index is 0.521. The average Bonchev–Trinajstić information content (AvgIpc) is 3.10. The lowest BCUT2D eigenvalue weighted by Crippen LogP contribution is -2.01. The largest absolute Gasteiger partial charge is 0.495 e. The van der Waals surface area contributed by atoms with Gasteiger partial charge in [-0.3, -0.25) is 0 Å². The molecule has 7 heteroatoms. The number of methoxy groups -OCH3 is 1. The van der Waals surface area contributed by atoms with Gasteiger partial charge in [-0.2, -0.15) is 0 Å². The van der Waals surface area contributed by atoms with Crippen LogP contribution < -0.4 is 15.4 Å². The van der Waals surface area contributed by atoms with Crippen molar-refractivity contribution in [1.29, 1.82) is 0 Å². The van der Waals surface area contributed by atoms with Crippen molar-refractivity contribution < 1.29 is 4.74 Å². The van der Waals surface area contributed by atoms with Crippen LogP contribution in [0.3, 0.4) is 0 Å². The molecule has 6 nitrogen and oxygen atoms in total. The Morgan fingerprint density at radius 1 is 1.08 bits per heavy atom. The maximum atomic E-state index is 6.13. The highest BCUT2D eigenvalue weighted by Gasteiger charge is 2.12. The smallest absolute Gasteiger partial charge is 0.150 e. The van der Waals surface area contributed by atoms with Gasteiger partial charge in [-0.15, -0.1) is 0 Å². The number of pyridine rings is 1. The van der Waals surface area contributed by atoms with Gasteiger partial charge in [-0.25, -0.2) is 15.0 Å². The van der Waals surface area contributed by atoms with E-state index < -0.39 is 0 Å². The maximum Gasteiger partial charge on any atom is 0.150 e. The maximum absolute atomic E-state index is 6.13. The molecule has 0 aliphatic heterocycles. The standard InChI is InChI=1S/C19H16ClN5O/c1-26-16-9-13-5-2-4-12(13)8-15(16)24-17-10-18(23-11-22-17)25-19-14(20)6-3-7-21-19/h2-4,6-11H,5H2,1H3,(H2,21,22,23,24,25). The quantitative estimate of drug-likeness (QED) is 0.689. The number of nitrogens with zero attached hydrogens (tertiary/aromatic N) is 3. The summed E-state index contributed by atoms with van der Waals surface area (Å²) in [6.45, 7) is 0. The zero-order chi connectivity index (χ0) is 17.9. The molecule has 0 atom stereocenters. The Balaban J connectivity index is 1.60. The zero-order valence-electron chi connectivity index (χ0n) is 14.0. The SMILES string of the molecule is COc1cc2c(cc1Nc1cc(Nc3ncccc3Cl)ncn1)C=CC2. The Kier molecular flexibility index (Phi) is 4.41. The summed E-state index contributed by atoms with van der Waals surface area (Å²) in [5.74, 6) is 2.53. The first-order valence-electron chi connectivity index (χ1n) is 8.07. The number of halogens is 1. The predicted octanol–water partition coefficient (Wildman–Crippen LogP) is 4.59. The highest BCUT2D eigenvalue weighted by molar-refractivity contribution is 6.33. The number of benzene rings is 1. The number of fused-ring (bicyclic) bond motifs is 1. The lowest BCUT2D eigenvalue weighted by molar-refractivity contribution is 0.416. The van der Waals surface area contributed by atoms with Gasteiger partial charge in [0.05, 0.1) is 17.8 Å². The Bertz CT molecular complexity index is 989. The van der Waals surface area contributed by atoms with Crippen LogP contribution in [0.25, 0.3) is 6.08 Å². The van der Waals surface area contributed by atoms with Crippen LogP contribution in [-0.4, -0.2) is 22.1 Å². The van der Waals surface area contributed by atoms with Gasteiger partial charge in [0, 0.05) is 12.3 Å². The van der Waals surface area contributed by atoms with E-state index in [0.29, 0.717) is 22.5 Å². The number of allylic oxidation sites excluding steroid dienone is 1. The molecule has 2 aromatic heterocycles. The molecule has 1 aromatic carbocycles. The molecule has 1 aliphatic carbocycles. The molecule has 0 fully saturated rings. The number of nitrogens with one attached hydrogen (secondary N) is 2. The molecule has 3 aromatic rings. The Labute approximate surface area is 155 Å². The van der Waals surface area contributed by atoms with E-state index in [0.717, 1.165) is 17.9 Å². The van der Waals surface area contributed by atoms with Crippen LogP contribution in [-0.2, 0) is 6.42 Å². The number of hydrogen-bond donors (Lipinski definition) is 2. The number of aromatic nitrogens is 3. The van der Waals surface area contributed by atoms with Crippen LogP contribution in [0.15, 0.2) is 48.9 Å². The summed E-state index contributed by atoms with van der Waals surface area (Å²) in [4.78, 5) is 12.7. The van der Waals surface area contributed by atoms with Crippen molar-refractivity contribution >= 4 is 40.8 Å². The third kappa shape index (κ3) is 3.32. The molecule has 0 amide bonds. The third-order valence-corrected chi connectivity index (χ3v) is 4.34. The third-order valence-electron chi connectivity index (χ3n) is 4.03. The Hall–Kier alpha value is -3.12. The van der Waals surface area contributed by atoms with E-state index in [4.69, 9.17) is 16.3 Å². The molecule has 0 radical (unpaired) electrons. The van der Waals surface area contributed by atoms with Gasteiger partial charge in [-0.05, 0) is 41.8 Å². The minimum Gasteiger partial charge on any atom is -0.495 e. The van der Waals surface area contributed by atoms with Gasteiger partial charge >= 0.3 is 0 Å². The molecule has 0 saturated carbocycles. The van der Waals surface area contributed by atoms with E-state index in [1.54, 1.807) is 31.5 Å². The molecule has 0 saturated heterocycles. The van der Waals surface area contributed by atoms with Crippen LogP contribution in [0, 0.1) is 0 Å². The predicted molar refractivity (Wildman–Crippen MR) is 104 cm³/mol. The van der Waals surface area contributed by atoms with Crippen molar-refractivity contribution in [3.63, 3.8) is 0 Å². The highest BCUT2D eigenvalue weighted by atomic mass is 35.5. The summed E-state index contributed by atoms with van der Waals surface area (Å²) in [6, 6.07) is 9.43. The molecule has 26 heavy (non-hydrogen) atoms. The second-order valence-electron chi connectivity index (χ2n) is 5.73. The van der Waals surface area contributed by atoms with Crippen LogP contribution in [0.4, 0.5) is 23.1 Å². The first kappa shape index (κ1) is 16.4. The minimum absolute atomic E-state index is 0.521. The normalized spacial score (nSPS) is 11.9. The van der Waals surface area contributed by atoms with Crippen LogP contribution in [0.5, 0.6) is 5.75 Å². The van der Waals surface area contributed by atoms with Gasteiger partial charge in [0.2, 0.25) is 0 Å². The average molecular weight is 366 g/mol. The van der Waals surface area contributed by atoms with E-state index >= 15 is 0 Å². The van der Waals surface area contributed by atoms with Crippen molar-refractivity contribution in [2.24, 2.45) is 0 Å². The Morgan fingerprint density at radius 2 is 1.92 bits per heavy atom. The fourth-order valence-corrected chi connectivity index (χ4v) is 2.95. The Morgan fingerprint density at radius 3 is 2.73 bits per heavy atom. The lowest BCUT2D eigenvalue weighted by Gasteiger charge is -2.13. The summed E-state index contributed by atoms with van der Waals surface area (Å²) in [7, 11) is 1.66. The second kappa shape index (κ2) is 7.01. The van der Waals surface area contributed by atoms with Crippen molar-refractivity contribution in [3.05, 3.63) is 65.1 Å². The molecular formula is C19H16ClN5O. The molecule has 0 bridgehead atoms.